The van der Waals surface area contributed by atoms with Crippen molar-refractivity contribution in [3.63, 3.8) is 0 Å². The van der Waals surface area contributed by atoms with Gasteiger partial charge in [-0.2, -0.15) is 0 Å². The van der Waals surface area contributed by atoms with E-state index >= 15 is 0 Å². The standard InChI is InChI=1S/C14H20N2O3S/c1-8(2)12(14(17)19-4)16-11-7-9(18-3)5-6-10(11)13(15)20/h5-8,12,16H,1-4H3,(H2,15,20). The minimum absolute atomic E-state index is 0.0489. The highest BCUT2D eigenvalue weighted by Gasteiger charge is 2.24. The van der Waals surface area contributed by atoms with Crippen molar-refractivity contribution in [3.05, 3.63) is 23.8 Å². The van der Waals surface area contributed by atoms with Gasteiger partial charge >= 0.3 is 5.97 Å². The second-order valence-electron chi connectivity index (χ2n) is 4.66. The minimum Gasteiger partial charge on any atom is -0.497 e. The maximum absolute atomic E-state index is 11.8. The quantitative estimate of drug-likeness (QED) is 0.617. The Hall–Kier alpha value is -1.82. The van der Waals surface area contributed by atoms with Crippen LogP contribution in [0.15, 0.2) is 18.2 Å². The highest BCUT2D eigenvalue weighted by Crippen LogP contribution is 2.24. The first-order chi connectivity index (χ1) is 9.40. The Morgan fingerprint density at radius 2 is 2.00 bits per heavy atom. The molecule has 0 aliphatic rings. The van der Waals surface area contributed by atoms with Gasteiger partial charge in [0, 0.05) is 17.3 Å². The average Bonchev–Trinajstić information content (AvgIpc) is 2.42. The summed E-state index contributed by atoms with van der Waals surface area (Å²) in [6.07, 6.45) is 0. The van der Waals surface area contributed by atoms with E-state index in [0.717, 1.165) is 0 Å². The predicted molar refractivity (Wildman–Crippen MR) is 83.1 cm³/mol. The second kappa shape index (κ2) is 7.09. The molecule has 1 aromatic rings. The fraction of sp³-hybridized carbons (Fsp3) is 0.429. The Balaban J connectivity index is 3.15. The number of carbonyl (C=O) groups excluding carboxylic acids is 1. The van der Waals surface area contributed by atoms with E-state index in [2.05, 4.69) is 5.32 Å². The summed E-state index contributed by atoms with van der Waals surface area (Å²) in [5.41, 5.74) is 7.02. The topological polar surface area (TPSA) is 73.6 Å². The van der Waals surface area contributed by atoms with Gasteiger partial charge in [-0.25, -0.2) is 4.79 Å². The molecule has 0 amide bonds. The molecule has 5 nitrogen and oxygen atoms in total. The van der Waals surface area contributed by atoms with Gasteiger partial charge in [-0.05, 0) is 18.1 Å². The summed E-state index contributed by atoms with van der Waals surface area (Å²) in [6.45, 7) is 3.85. The fourth-order valence-electron chi connectivity index (χ4n) is 1.78. The molecule has 0 radical (unpaired) electrons. The van der Waals surface area contributed by atoms with Crippen LogP contribution in [-0.2, 0) is 9.53 Å². The van der Waals surface area contributed by atoms with Gasteiger partial charge in [0.25, 0.3) is 0 Å². The third-order valence-corrected chi connectivity index (χ3v) is 3.14. The predicted octanol–water partition coefficient (Wildman–Crippen LogP) is 1.94. The number of carbonyl (C=O) groups is 1. The van der Waals surface area contributed by atoms with E-state index in [1.54, 1.807) is 25.3 Å². The number of ether oxygens (including phenoxy) is 2. The number of hydrogen-bond donors (Lipinski definition) is 2. The van der Waals surface area contributed by atoms with Crippen molar-refractivity contribution in [2.75, 3.05) is 19.5 Å². The summed E-state index contributed by atoms with van der Waals surface area (Å²) in [6, 6.07) is 4.80. The highest BCUT2D eigenvalue weighted by molar-refractivity contribution is 7.80. The lowest BCUT2D eigenvalue weighted by molar-refractivity contribution is -0.142. The van der Waals surface area contributed by atoms with Crippen LogP contribution in [0.4, 0.5) is 5.69 Å². The van der Waals surface area contributed by atoms with Crippen LogP contribution in [0.25, 0.3) is 0 Å². The van der Waals surface area contributed by atoms with Gasteiger partial charge in [-0.1, -0.05) is 26.1 Å². The van der Waals surface area contributed by atoms with Crippen molar-refractivity contribution in [2.24, 2.45) is 11.7 Å². The Kier molecular flexibility index (Phi) is 5.76. The maximum atomic E-state index is 11.8. The number of thiocarbonyl (C=S) groups is 1. The van der Waals surface area contributed by atoms with Crippen LogP contribution in [0.1, 0.15) is 19.4 Å². The van der Waals surface area contributed by atoms with Crippen LogP contribution in [0.3, 0.4) is 0 Å². The number of hydrogen-bond acceptors (Lipinski definition) is 5. The zero-order chi connectivity index (χ0) is 15.3. The van der Waals surface area contributed by atoms with Crippen molar-refractivity contribution in [1.29, 1.82) is 0 Å². The van der Waals surface area contributed by atoms with E-state index in [4.69, 9.17) is 27.4 Å². The van der Waals surface area contributed by atoms with Gasteiger partial charge in [0.05, 0.1) is 14.2 Å². The Labute approximate surface area is 124 Å². The van der Waals surface area contributed by atoms with Gasteiger partial charge in [-0.3, -0.25) is 0 Å². The SMILES string of the molecule is COC(=O)C(Nc1cc(OC)ccc1C(N)=S)C(C)C. The molecule has 0 aliphatic heterocycles. The summed E-state index contributed by atoms with van der Waals surface area (Å²) < 4.78 is 9.98. The zero-order valence-electron chi connectivity index (χ0n) is 12.1. The van der Waals surface area contributed by atoms with Crippen LogP contribution < -0.4 is 15.8 Å². The van der Waals surface area contributed by atoms with Crippen molar-refractivity contribution in [2.45, 2.75) is 19.9 Å². The number of nitrogens with two attached hydrogens (primary N) is 1. The van der Waals surface area contributed by atoms with Crippen LogP contribution in [0.5, 0.6) is 5.75 Å². The molecule has 0 aliphatic carbocycles. The van der Waals surface area contributed by atoms with Gasteiger partial charge in [0.1, 0.15) is 16.8 Å². The molecule has 1 aromatic carbocycles. The molecule has 20 heavy (non-hydrogen) atoms. The Bertz CT molecular complexity index is 503. The van der Waals surface area contributed by atoms with E-state index in [9.17, 15) is 4.79 Å². The summed E-state index contributed by atoms with van der Waals surface area (Å²) in [5, 5.41) is 3.13. The first-order valence-electron chi connectivity index (χ1n) is 6.23. The molecular weight excluding hydrogens is 276 g/mol. The van der Waals surface area contributed by atoms with Gasteiger partial charge < -0.3 is 20.5 Å². The molecule has 6 heteroatoms. The molecule has 1 unspecified atom stereocenters. The maximum Gasteiger partial charge on any atom is 0.328 e. The summed E-state index contributed by atoms with van der Waals surface area (Å²) >= 11 is 5.02. The van der Waals surface area contributed by atoms with E-state index in [-0.39, 0.29) is 16.9 Å². The van der Waals surface area contributed by atoms with Crippen LogP contribution in [0, 0.1) is 5.92 Å². The molecule has 0 saturated heterocycles. The molecule has 1 atom stereocenters. The smallest absolute Gasteiger partial charge is 0.328 e. The van der Waals surface area contributed by atoms with E-state index < -0.39 is 6.04 Å². The number of benzene rings is 1. The first kappa shape index (κ1) is 16.2. The fourth-order valence-corrected chi connectivity index (χ4v) is 1.95. The molecule has 0 aromatic heterocycles. The summed E-state index contributed by atoms with van der Waals surface area (Å²) in [5.74, 6) is 0.365. The lowest BCUT2D eigenvalue weighted by Gasteiger charge is -2.22. The third-order valence-electron chi connectivity index (χ3n) is 2.92. The number of rotatable bonds is 6. The molecule has 0 saturated carbocycles. The Morgan fingerprint density at radius 1 is 1.35 bits per heavy atom. The molecule has 0 fully saturated rings. The van der Waals surface area contributed by atoms with Crippen LogP contribution >= 0.6 is 12.2 Å². The normalized spacial score (nSPS) is 11.8. The Morgan fingerprint density at radius 3 is 2.45 bits per heavy atom. The van der Waals surface area contributed by atoms with Crippen molar-refractivity contribution in [3.8, 4) is 5.75 Å². The van der Waals surface area contributed by atoms with Gasteiger partial charge in [-0.15, -0.1) is 0 Å². The molecular formula is C14H20N2O3S. The molecule has 1 rings (SSSR count). The second-order valence-corrected chi connectivity index (χ2v) is 5.10. The number of anilines is 1. The largest absolute Gasteiger partial charge is 0.497 e. The minimum atomic E-state index is -0.486. The first-order valence-corrected chi connectivity index (χ1v) is 6.63. The van der Waals surface area contributed by atoms with E-state index in [0.29, 0.717) is 17.0 Å². The van der Waals surface area contributed by atoms with Gasteiger partial charge in [0.2, 0.25) is 0 Å². The molecule has 0 heterocycles. The van der Waals surface area contributed by atoms with Crippen LogP contribution in [0.2, 0.25) is 0 Å². The monoisotopic (exact) mass is 296 g/mol. The van der Waals surface area contributed by atoms with Gasteiger partial charge in [0.15, 0.2) is 0 Å². The lowest BCUT2D eigenvalue weighted by Crippen LogP contribution is -2.36. The number of nitrogens with one attached hydrogen (secondary N) is 1. The summed E-state index contributed by atoms with van der Waals surface area (Å²) in [7, 11) is 2.93. The summed E-state index contributed by atoms with van der Waals surface area (Å²) in [4.78, 5) is 12.1. The molecule has 0 bridgehead atoms. The molecule has 110 valence electrons. The average molecular weight is 296 g/mol. The number of methoxy groups -OCH3 is 2. The highest BCUT2D eigenvalue weighted by atomic mass is 32.1. The van der Waals surface area contributed by atoms with Crippen LogP contribution in [-0.4, -0.2) is 31.2 Å². The van der Waals surface area contributed by atoms with Crippen molar-refractivity contribution < 1.29 is 14.3 Å². The van der Waals surface area contributed by atoms with E-state index in [1.165, 1.54) is 7.11 Å². The number of esters is 1. The van der Waals surface area contributed by atoms with E-state index in [1.807, 2.05) is 13.8 Å². The third kappa shape index (κ3) is 3.84. The molecule has 0 spiro atoms. The van der Waals surface area contributed by atoms with Crippen molar-refractivity contribution >= 4 is 28.9 Å². The molecule has 3 N–H and O–H groups in total. The zero-order valence-corrected chi connectivity index (χ0v) is 12.9. The van der Waals surface area contributed by atoms with Crippen molar-refractivity contribution in [1.82, 2.24) is 0 Å². The lowest BCUT2D eigenvalue weighted by atomic mass is 10.0.